The second-order valence-corrected chi connectivity index (χ2v) is 9.46. The lowest BCUT2D eigenvalue weighted by molar-refractivity contribution is -0.277. The van der Waals surface area contributed by atoms with Crippen LogP contribution in [0, 0.1) is 0 Å². The zero-order valence-corrected chi connectivity index (χ0v) is 20.1. The van der Waals surface area contributed by atoms with E-state index in [1.54, 1.807) is 29.5 Å². The maximum Gasteiger partial charge on any atom is 0.251 e. The second kappa shape index (κ2) is 11.3. The molecule has 36 heavy (non-hydrogen) atoms. The number of hydrogen-bond acceptors (Lipinski definition) is 9. The molecule has 0 unspecified atom stereocenters. The highest BCUT2D eigenvalue weighted by atomic mass is 32.1. The van der Waals surface area contributed by atoms with Gasteiger partial charge in [0.05, 0.1) is 13.2 Å². The largest absolute Gasteiger partial charge is 0.461 e. The number of primary amides is 1. The van der Waals surface area contributed by atoms with Gasteiger partial charge < -0.3 is 41.0 Å². The summed E-state index contributed by atoms with van der Waals surface area (Å²) in [6.07, 6.45) is -5.46. The summed E-state index contributed by atoms with van der Waals surface area (Å²) in [5, 5.41) is 45.2. The number of ether oxygens (including phenoxy) is 2. The number of carbonyl (C=O) groups excluding carboxylic acids is 2. The number of carbonyl (C=O) groups is 2. The van der Waals surface area contributed by atoms with Gasteiger partial charge in [-0.3, -0.25) is 9.59 Å². The Balaban J connectivity index is 1.47. The minimum absolute atomic E-state index is 0.223. The number of aliphatic hydroxyl groups excluding tert-OH is 4. The molecular weight excluding hydrogens is 488 g/mol. The van der Waals surface area contributed by atoms with Gasteiger partial charge in [0, 0.05) is 15.6 Å². The molecule has 0 aliphatic carbocycles. The maximum atomic E-state index is 12.1. The van der Waals surface area contributed by atoms with Crippen LogP contribution in [0.4, 0.5) is 0 Å². The highest BCUT2D eigenvalue weighted by Gasteiger charge is 2.44. The third-order valence-corrected chi connectivity index (χ3v) is 7.05. The molecule has 7 N–H and O–H groups in total. The summed E-state index contributed by atoms with van der Waals surface area (Å²) in [4.78, 5) is 22.9. The standard InChI is InChI=1S/C25H28N2O8S/c26-19(29)10-27-24(33)14-7-4-13(5-8-14)6-9-15-12-36-18-3-1-2-16(20(15)18)34-25-23(32)22(31)21(30)17(11-28)35-25/h1-5,7-8,12,17,21-23,25,28,30-32H,6,9-11H2,(H2,26,29)(H,27,33)/t17-,21-,22+,23-,25-/m1/s1. The van der Waals surface area contributed by atoms with Crippen LogP contribution in [0.5, 0.6) is 5.75 Å². The van der Waals surface area contributed by atoms with Gasteiger partial charge >= 0.3 is 0 Å². The molecule has 10 nitrogen and oxygen atoms in total. The SMILES string of the molecule is NC(=O)CNC(=O)c1ccc(CCc2csc3cccc(O[C@@H]4O[C@H](CO)[C@@H](O)[C@H](O)[C@H]4O)c23)cc1. The summed E-state index contributed by atoms with van der Waals surface area (Å²) in [6.45, 7) is -0.760. The summed E-state index contributed by atoms with van der Waals surface area (Å²) >= 11 is 1.54. The van der Waals surface area contributed by atoms with Gasteiger partial charge in [0.2, 0.25) is 12.2 Å². The Morgan fingerprint density at radius 1 is 1.03 bits per heavy atom. The topological polar surface area (TPSA) is 172 Å². The average Bonchev–Trinajstić information content (AvgIpc) is 3.30. The Kier molecular flexibility index (Phi) is 8.19. The zero-order chi connectivity index (χ0) is 25.8. The normalized spacial score (nSPS) is 23.9. The van der Waals surface area contributed by atoms with Crippen LogP contribution >= 0.6 is 11.3 Å². The first kappa shape index (κ1) is 26.0. The number of nitrogens with one attached hydrogen (secondary N) is 1. The first-order valence-electron chi connectivity index (χ1n) is 11.4. The fourth-order valence-corrected chi connectivity index (χ4v) is 5.07. The summed E-state index contributed by atoms with van der Waals surface area (Å²) in [7, 11) is 0. The first-order chi connectivity index (χ1) is 17.3. The van der Waals surface area contributed by atoms with Gasteiger partial charge in [-0.15, -0.1) is 11.3 Å². The molecule has 2 amide bonds. The van der Waals surface area contributed by atoms with Gasteiger partial charge in [0.15, 0.2) is 0 Å². The number of aryl methyl sites for hydroxylation is 2. The average molecular weight is 517 g/mol. The van der Waals surface area contributed by atoms with Gasteiger partial charge in [-0.05, 0) is 53.6 Å². The zero-order valence-electron chi connectivity index (χ0n) is 19.2. The van der Waals surface area contributed by atoms with Crippen LogP contribution in [0.15, 0.2) is 47.8 Å². The number of thiophene rings is 1. The molecule has 1 aromatic heterocycles. The molecule has 1 fully saturated rings. The number of benzene rings is 2. The molecule has 0 saturated carbocycles. The van der Waals surface area contributed by atoms with E-state index in [-0.39, 0.29) is 12.5 Å². The lowest BCUT2D eigenvalue weighted by atomic mass is 9.99. The van der Waals surface area contributed by atoms with E-state index in [0.29, 0.717) is 24.2 Å². The Bertz CT molecular complexity index is 1210. The number of aliphatic hydroxyl groups is 4. The van der Waals surface area contributed by atoms with Gasteiger partial charge in [-0.1, -0.05) is 18.2 Å². The van der Waals surface area contributed by atoms with Crippen LogP contribution in [0.25, 0.3) is 10.1 Å². The molecule has 0 spiro atoms. The van der Waals surface area contributed by atoms with E-state index >= 15 is 0 Å². The van der Waals surface area contributed by atoms with Crippen molar-refractivity contribution in [2.45, 2.75) is 43.5 Å². The number of rotatable bonds is 9. The number of amides is 2. The van der Waals surface area contributed by atoms with Gasteiger partial charge in [-0.25, -0.2) is 0 Å². The van der Waals surface area contributed by atoms with Gasteiger partial charge in [-0.2, -0.15) is 0 Å². The molecule has 5 atom stereocenters. The summed E-state index contributed by atoms with van der Waals surface area (Å²) < 4.78 is 12.4. The van der Waals surface area contributed by atoms with Crippen LogP contribution in [0.3, 0.4) is 0 Å². The fraction of sp³-hybridized carbons (Fsp3) is 0.360. The molecule has 1 saturated heterocycles. The van der Waals surface area contributed by atoms with Crippen molar-refractivity contribution in [1.82, 2.24) is 5.32 Å². The van der Waals surface area contributed by atoms with E-state index in [2.05, 4.69) is 5.32 Å². The van der Waals surface area contributed by atoms with Crippen LogP contribution in [0.1, 0.15) is 21.5 Å². The lowest BCUT2D eigenvalue weighted by Crippen LogP contribution is -2.60. The molecule has 2 aromatic carbocycles. The summed E-state index contributed by atoms with van der Waals surface area (Å²) in [5.74, 6) is -0.536. The van der Waals surface area contributed by atoms with Crippen molar-refractivity contribution in [3.63, 3.8) is 0 Å². The van der Waals surface area contributed by atoms with Crippen molar-refractivity contribution >= 4 is 33.2 Å². The third-order valence-electron chi connectivity index (χ3n) is 6.05. The van der Waals surface area contributed by atoms with E-state index in [0.717, 1.165) is 21.2 Å². The Labute approximate surface area is 210 Å². The number of fused-ring (bicyclic) bond motifs is 1. The van der Waals surface area contributed by atoms with E-state index in [1.807, 2.05) is 29.6 Å². The maximum absolute atomic E-state index is 12.1. The third kappa shape index (κ3) is 5.67. The van der Waals surface area contributed by atoms with Crippen LogP contribution in [-0.4, -0.2) is 76.1 Å². The molecule has 4 rings (SSSR count). The van der Waals surface area contributed by atoms with Crippen molar-refractivity contribution in [3.05, 3.63) is 64.5 Å². The number of hydrogen-bond donors (Lipinski definition) is 6. The lowest BCUT2D eigenvalue weighted by Gasteiger charge is -2.39. The minimum Gasteiger partial charge on any atom is -0.461 e. The van der Waals surface area contributed by atoms with Crippen LogP contribution in [-0.2, 0) is 22.4 Å². The Hall–Kier alpha value is -3.06. The molecule has 1 aliphatic heterocycles. The predicted octanol–water partition coefficient (Wildman–Crippen LogP) is 0.0803. The van der Waals surface area contributed by atoms with E-state index in [9.17, 15) is 30.0 Å². The van der Waals surface area contributed by atoms with Crippen LogP contribution in [0.2, 0.25) is 0 Å². The van der Waals surface area contributed by atoms with Crippen molar-refractivity contribution < 1.29 is 39.5 Å². The molecule has 3 aromatic rings. The Morgan fingerprint density at radius 3 is 2.47 bits per heavy atom. The molecule has 0 bridgehead atoms. The molecule has 1 aliphatic rings. The van der Waals surface area contributed by atoms with E-state index in [1.165, 1.54) is 0 Å². The predicted molar refractivity (Wildman–Crippen MR) is 132 cm³/mol. The van der Waals surface area contributed by atoms with Crippen molar-refractivity contribution in [3.8, 4) is 5.75 Å². The Morgan fingerprint density at radius 2 is 1.78 bits per heavy atom. The summed E-state index contributed by atoms with van der Waals surface area (Å²) in [5.41, 5.74) is 7.50. The van der Waals surface area contributed by atoms with Gasteiger partial charge in [0.25, 0.3) is 5.91 Å². The number of nitrogens with two attached hydrogens (primary N) is 1. The summed E-state index contributed by atoms with van der Waals surface area (Å²) in [6, 6.07) is 12.6. The van der Waals surface area contributed by atoms with E-state index in [4.69, 9.17) is 15.2 Å². The van der Waals surface area contributed by atoms with Crippen molar-refractivity contribution in [1.29, 1.82) is 0 Å². The molecule has 11 heteroatoms. The first-order valence-corrected chi connectivity index (χ1v) is 12.3. The molecular formula is C25H28N2O8S. The van der Waals surface area contributed by atoms with Crippen LogP contribution < -0.4 is 15.8 Å². The quantitative estimate of drug-likeness (QED) is 0.232. The monoisotopic (exact) mass is 516 g/mol. The molecule has 0 radical (unpaired) electrons. The molecule has 192 valence electrons. The van der Waals surface area contributed by atoms with Crippen molar-refractivity contribution in [2.75, 3.05) is 13.2 Å². The van der Waals surface area contributed by atoms with Gasteiger partial charge in [0.1, 0.15) is 30.2 Å². The smallest absolute Gasteiger partial charge is 0.251 e. The molecule has 2 heterocycles. The van der Waals surface area contributed by atoms with Crippen molar-refractivity contribution in [2.24, 2.45) is 5.73 Å². The van der Waals surface area contributed by atoms with E-state index < -0.39 is 43.2 Å². The highest BCUT2D eigenvalue weighted by molar-refractivity contribution is 7.17. The highest BCUT2D eigenvalue weighted by Crippen LogP contribution is 2.36. The second-order valence-electron chi connectivity index (χ2n) is 8.55. The minimum atomic E-state index is -1.53. The fourth-order valence-electron chi connectivity index (χ4n) is 4.06.